The van der Waals surface area contributed by atoms with Gasteiger partial charge in [0.2, 0.25) is 0 Å². The van der Waals surface area contributed by atoms with E-state index in [0.717, 1.165) is 0 Å². The third-order valence-electron chi connectivity index (χ3n) is 2.32. The Morgan fingerprint density at radius 3 is 2.50 bits per heavy atom. The van der Waals surface area contributed by atoms with Gasteiger partial charge < -0.3 is 9.72 Å². The first-order chi connectivity index (χ1) is 7.52. The Bertz CT molecular complexity index is 423. The fourth-order valence-corrected chi connectivity index (χ4v) is 1.92. The number of ether oxygens (including phenoxy) is 1. The lowest BCUT2D eigenvalue weighted by atomic mass is 10.1. The van der Waals surface area contributed by atoms with Crippen molar-refractivity contribution < 1.29 is 14.3 Å². The van der Waals surface area contributed by atoms with Crippen molar-refractivity contribution in [3.63, 3.8) is 0 Å². The number of esters is 1. The maximum atomic E-state index is 11.6. The van der Waals surface area contributed by atoms with E-state index < -0.39 is 5.97 Å². The van der Waals surface area contributed by atoms with Gasteiger partial charge in [-0.3, -0.25) is 4.79 Å². The van der Waals surface area contributed by atoms with Gasteiger partial charge in [0.15, 0.2) is 5.78 Å². The summed E-state index contributed by atoms with van der Waals surface area (Å²) < 4.78 is 4.90. The lowest BCUT2D eigenvalue weighted by Gasteiger charge is -2.00. The molecule has 1 aromatic rings. The van der Waals surface area contributed by atoms with E-state index in [9.17, 15) is 9.59 Å². The average molecular weight is 288 g/mol. The molecule has 0 unspecified atom stereocenters. The maximum absolute atomic E-state index is 11.6. The van der Waals surface area contributed by atoms with Crippen molar-refractivity contribution in [2.45, 2.75) is 20.8 Å². The monoisotopic (exact) mass is 287 g/mol. The van der Waals surface area contributed by atoms with E-state index in [1.807, 2.05) is 0 Å². The number of nitrogens with one attached hydrogen (secondary N) is 1. The van der Waals surface area contributed by atoms with Gasteiger partial charge in [0, 0.05) is 11.3 Å². The summed E-state index contributed by atoms with van der Waals surface area (Å²) in [7, 11) is 0. The largest absolute Gasteiger partial charge is 0.461 e. The van der Waals surface area contributed by atoms with Crippen molar-refractivity contribution in [3.8, 4) is 0 Å². The van der Waals surface area contributed by atoms with Crippen LogP contribution in [0.4, 0.5) is 0 Å². The Hall–Kier alpha value is -1.10. The molecule has 0 aliphatic carbocycles. The third kappa shape index (κ3) is 2.35. The highest BCUT2D eigenvalue weighted by Gasteiger charge is 2.21. The zero-order valence-corrected chi connectivity index (χ0v) is 11.1. The van der Waals surface area contributed by atoms with E-state index in [4.69, 9.17) is 4.74 Å². The number of halogens is 1. The van der Waals surface area contributed by atoms with Crippen molar-refractivity contribution in [2.75, 3.05) is 11.9 Å². The lowest BCUT2D eigenvalue weighted by molar-refractivity contribution is 0.0519. The minimum absolute atomic E-state index is 0.0400. The molecule has 0 amide bonds. The van der Waals surface area contributed by atoms with Gasteiger partial charge in [-0.05, 0) is 26.3 Å². The Morgan fingerprint density at radius 2 is 2.00 bits per heavy atom. The van der Waals surface area contributed by atoms with Crippen LogP contribution in [0.1, 0.15) is 39.0 Å². The molecule has 0 atom stereocenters. The maximum Gasteiger partial charge on any atom is 0.355 e. The van der Waals surface area contributed by atoms with Gasteiger partial charge in [0.1, 0.15) is 5.69 Å². The molecule has 1 rings (SSSR count). The summed E-state index contributed by atoms with van der Waals surface area (Å²) in [5.41, 5.74) is 2.29. The normalized spacial score (nSPS) is 10.2. The highest BCUT2D eigenvalue weighted by molar-refractivity contribution is 9.09. The highest BCUT2D eigenvalue weighted by Crippen LogP contribution is 2.19. The van der Waals surface area contributed by atoms with Crippen LogP contribution < -0.4 is 0 Å². The zero-order valence-electron chi connectivity index (χ0n) is 9.52. The SMILES string of the molecule is CCOC(=O)c1[nH]c(C)c(C(=O)CBr)c1C. The van der Waals surface area contributed by atoms with Crippen LogP contribution in [0.2, 0.25) is 0 Å². The van der Waals surface area contributed by atoms with Crippen LogP contribution in [-0.2, 0) is 4.74 Å². The molecule has 1 N–H and O–H groups in total. The molecular formula is C11H14BrNO3. The summed E-state index contributed by atoms with van der Waals surface area (Å²) in [6.07, 6.45) is 0. The molecule has 0 bridgehead atoms. The molecule has 1 heterocycles. The van der Waals surface area contributed by atoms with Crippen LogP contribution in [0.25, 0.3) is 0 Å². The van der Waals surface area contributed by atoms with Crippen LogP contribution in [0.5, 0.6) is 0 Å². The Kier molecular flexibility index (Phi) is 4.29. The molecule has 0 aromatic carbocycles. The Morgan fingerprint density at radius 1 is 1.38 bits per heavy atom. The molecule has 16 heavy (non-hydrogen) atoms. The summed E-state index contributed by atoms with van der Waals surface area (Å²) in [5, 5.41) is 0.245. The van der Waals surface area contributed by atoms with Crippen LogP contribution in [0, 0.1) is 13.8 Å². The van der Waals surface area contributed by atoms with Crippen molar-refractivity contribution in [1.29, 1.82) is 0 Å². The van der Waals surface area contributed by atoms with Crippen molar-refractivity contribution in [1.82, 2.24) is 4.98 Å². The molecule has 1 aromatic heterocycles. The first-order valence-electron chi connectivity index (χ1n) is 4.98. The van der Waals surface area contributed by atoms with Crippen molar-refractivity contribution in [2.24, 2.45) is 0 Å². The number of ketones is 1. The molecule has 88 valence electrons. The van der Waals surface area contributed by atoms with E-state index in [1.165, 1.54) is 0 Å². The second-order valence-electron chi connectivity index (χ2n) is 3.40. The second-order valence-corrected chi connectivity index (χ2v) is 3.96. The Balaban J connectivity index is 3.16. The number of aromatic amines is 1. The molecule has 0 radical (unpaired) electrons. The Labute approximate surface area is 102 Å². The molecule has 0 saturated carbocycles. The number of H-pyrrole nitrogens is 1. The minimum Gasteiger partial charge on any atom is -0.461 e. The number of carbonyl (C=O) groups excluding carboxylic acids is 2. The lowest BCUT2D eigenvalue weighted by Crippen LogP contribution is -2.07. The van der Waals surface area contributed by atoms with E-state index in [0.29, 0.717) is 29.1 Å². The number of carbonyl (C=O) groups is 2. The number of hydrogen-bond acceptors (Lipinski definition) is 3. The number of alkyl halides is 1. The van der Waals surface area contributed by atoms with Crippen LogP contribution in [-0.4, -0.2) is 28.7 Å². The van der Waals surface area contributed by atoms with E-state index >= 15 is 0 Å². The number of rotatable bonds is 4. The molecule has 0 saturated heterocycles. The molecule has 5 heteroatoms. The predicted octanol–water partition coefficient (Wildman–Crippen LogP) is 2.39. The summed E-state index contributed by atoms with van der Waals surface area (Å²) >= 11 is 3.12. The number of aromatic nitrogens is 1. The van der Waals surface area contributed by atoms with Crippen LogP contribution >= 0.6 is 15.9 Å². The molecule has 0 aliphatic heterocycles. The summed E-state index contributed by atoms with van der Waals surface area (Å²) in [5.74, 6) is -0.460. The van der Waals surface area contributed by atoms with Gasteiger partial charge in [-0.25, -0.2) is 4.79 Å². The standard InChI is InChI=1S/C11H14BrNO3/c1-4-16-11(15)10-6(2)9(7(3)13-10)8(14)5-12/h13H,4-5H2,1-3H3. The molecule has 0 aliphatic rings. The van der Waals surface area contributed by atoms with Gasteiger partial charge in [0.05, 0.1) is 11.9 Å². The van der Waals surface area contributed by atoms with Gasteiger partial charge in [-0.2, -0.15) is 0 Å². The van der Waals surface area contributed by atoms with E-state index in [1.54, 1.807) is 20.8 Å². The first-order valence-corrected chi connectivity index (χ1v) is 6.10. The zero-order chi connectivity index (χ0) is 12.3. The summed E-state index contributed by atoms with van der Waals surface area (Å²) in [4.78, 5) is 26.1. The average Bonchev–Trinajstić information content (AvgIpc) is 2.54. The van der Waals surface area contributed by atoms with Crippen LogP contribution in [0.15, 0.2) is 0 Å². The second kappa shape index (κ2) is 5.30. The molecular weight excluding hydrogens is 274 g/mol. The topological polar surface area (TPSA) is 59.2 Å². The van der Waals surface area contributed by atoms with E-state index in [2.05, 4.69) is 20.9 Å². The van der Waals surface area contributed by atoms with Crippen molar-refractivity contribution >= 4 is 27.7 Å². The fourth-order valence-electron chi connectivity index (χ4n) is 1.64. The molecule has 0 spiro atoms. The van der Waals surface area contributed by atoms with E-state index in [-0.39, 0.29) is 11.1 Å². The first kappa shape index (κ1) is 13.0. The molecule has 0 fully saturated rings. The highest BCUT2D eigenvalue weighted by atomic mass is 79.9. The van der Waals surface area contributed by atoms with Crippen LogP contribution in [0.3, 0.4) is 0 Å². The number of aryl methyl sites for hydroxylation is 1. The number of hydrogen-bond donors (Lipinski definition) is 1. The third-order valence-corrected chi connectivity index (χ3v) is 2.83. The smallest absolute Gasteiger partial charge is 0.355 e. The van der Waals surface area contributed by atoms with Gasteiger partial charge in [0.25, 0.3) is 0 Å². The fraction of sp³-hybridized carbons (Fsp3) is 0.455. The minimum atomic E-state index is -0.420. The van der Waals surface area contributed by atoms with Gasteiger partial charge in [-0.1, -0.05) is 15.9 Å². The van der Waals surface area contributed by atoms with Gasteiger partial charge >= 0.3 is 5.97 Å². The molecule has 4 nitrogen and oxygen atoms in total. The number of Topliss-reactive ketones (excluding diaryl/α,β-unsaturated/α-hetero) is 1. The van der Waals surface area contributed by atoms with Gasteiger partial charge in [-0.15, -0.1) is 0 Å². The summed E-state index contributed by atoms with van der Waals surface area (Å²) in [6.45, 7) is 5.57. The van der Waals surface area contributed by atoms with Crippen molar-refractivity contribution in [3.05, 3.63) is 22.5 Å². The quantitative estimate of drug-likeness (QED) is 0.525. The predicted molar refractivity (Wildman–Crippen MR) is 64.3 cm³/mol. The summed E-state index contributed by atoms with van der Waals surface area (Å²) in [6, 6.07) is 0.